The van der Waals surface area contributed by atoms with Crippen molar-refractivity contribution in [2.24, 2.45) is 0 Å². The van der Waals surface area contributed by atoms with E-state index < -0.39 is 0 Å². The maximum Gasteiger partial charge on any atom is 0.154 e. The predicted octanol–water partition coefficient (Wildman–Crippen LogP) is 1.16. The number of hydrogen-bond donors (Lipinski definition) is 0. The molecule has 0 aliphatic carbocycles. The van der Waals surface area contributed by atoms with Crippen molar-refractivity contribution in [3.63, 3.8) is 0 Å². The van der Waals surface area contributed by atoms with Crippen molar-refractivity contribution < 1.29 is 0 Å². The highest BCUT2D eigenvalue weighted by atomic mass is 15.2. The van der Waals surface area contributed by atoms with Gasteiger partial charge in [-0.15, -0.1) is 0 Å². The van der Waals surface area contributed by atoms with Crippen LogP contribution >= 0.6 is 0 Å². The molecule has 0 aliphatic heterocycles. The summed E-state index contributed by atoms with van der Waals surface area (Å²) in [5.74, 6) is 0. The molecule has 4 nitrogen and oxygen atoms in total. The lowest BCUT2D eigenvalue weighted by Crippen LogP contribution is -1.99. The highest BCUT2D eigenvalue weighted by molar-refractivity contribution is 5.46. The van der Waals surface area contributed by atoms with Gasteiger partial charge in [-0.2, -0.15) is 10.4 Å². The molecule has 0 N–H and O–H groups in total. The molecule has 0 saturated carbocycles. The summed E-state index contributed by atoms with van der Waals surface area (Å²) in [7, 11) is 0. The molecule has 2 aromatic heterocycles. The monoisotopic (exact) mass is 172 g/mol. The summed E-state index contributed by atoms with van der Waals surface area (Å²) >= 11 is 0. The number of hydrogen-bond acceptors (Lipinski definition) is 3. The van der Waals surface area contributed by atoms with Gasteiger partial charge in [0.25, 0.3) is 0 Å². The van der Waals surface area contributed by atoms with Gasteiger partial charge in [0.2, 0.25) is 0 Å². The zero-order chi connectivity index (χ0) is 9.26. The van der Waals surface area contributed by atoms with E-state index in [-0.39, 0.29) is 0 Å². The molecule has 0 bridgehead atoms. The maximum absolute atomic E-state index is 8.82. The van der Waals surface area contributed by atoms with E-state index in [0.29, 0.717) is 11.2 Å². The Morgan fingerprint density at radius 2 is 2.46 bits per heavy atom. The second-order valence-electron chi connectivity index (χ2n) is 2.70. The van der Waals surface area contributed by atoms with E-state index in [9.17, 15) is 0 Å². The number of aryl methyl sites for hydroxylation is 1. The van der Waals surface area contributed by atoms with Crippen LogP contribution in [0.25, 0.3) is 5.65 Å². The quantitative estimate of drug-likeness (QED) is 0.648. The number of imidazole rings is 1. The maximum atomic E-state index is 8.82. The number of aromatic nitrogens is 3. The first-order valence-electron chi connectivity index (χ1n) is 4.08. The van der Waals surface area contributed by atoms with Crippen LogP contribution in [-0.4, -0.2) is 14.6 Å². The molecule has 0 radical (unpaired) electrons. The predicted molar refractivity (Wildman–Crippen MR) is 47.1 cm³/mol. The Morgan fingerprint density at radius 1 is 1.62 bits per heavy atom. The van der Waals surface area contributed by atoms with Crippen molar-refractivity contribution in [3.8, 4) is 6.07 Å². The van der Waals surface area contributed by atoms with Gasteiger partial charge in [-0.3, -0.25) is 0 Å². The van der Waals surface area contributed by atoms with Gasteiger partial charge in [0, 0.05) is 18.5 Å². The number of nitrogens with zero attached hydrogens (tertiary/aromatic N) is 4. The van der Waals surface area contributed by atoms with Crippen molar-refractivity contribution >= 4 is 5.65 Å². The first kappa shape index (κ1) is 7.74. The van der Waals surface area contributed by atoms with Crippen LogP contribution in [0.5, 0.6) is 0 Å². The van der Waals surface area contributed by atoms with Gasteiger partial charge in [0.1, 0.15) is 6.07 Å². The zero-order valence-electron chi connectivity index (χ0n) is 7.23. The fourth-order valence-electron chi connectivity index (χ4n) is 1.25. The Balaban J connectivity index is 2.76. The fourth-order valence-corrected chi connectivity index (χ4v) is 1.25. The summed E-state index contributed by atoms with van der Waals surface area (Å²) in [4.78, 5) is 4.05. The summed E-state index contributed by atoms with van der Waals surface area (Å²) in [5, 5.41) is 13.1. The minimum atomic E-state index is 0.612. The van der Waals surface area contributed by atoms with Crippen LogP contribution in [0.2, 0.25) is 0 Å². The normalized spacial score (nSPS) is 10.2. The van der Waals surface area contributed by atoms with Crippen LogP contribution in [0.4, 0.5) is 0 Å². The Hall–Kier alpha value is -1.89. The van der Waals surface area contributed by atoms with E-state index in [1.807, 2.05) is 6.92 Å². The Kier molecular flexibility index (Phi) is 1.71. The molecule has 2 heterocycles. The Bertz CT molecular complexity index is 478. The highest BCUT2D eigenvalue weighted by Crippen LogP contribution is 2.08. The van der Waals surface area contributed by atoms with Crippen LogP contribution in [0.15, 0.2) is 18.5 Å². The van der Waals surface area contributed by atoms with Crippen LogP contribution in [-0.2, 0) is 6.42 Å². The summed E-state index contributed by atoms with van der Waals surface area (Å²) < 4.78 is 1.68. The van der Waals surface area contributed by atoms with Gasteiger partial charge in [0.05, 0.1) is 11.3 Å². The molecule has 0 atom stereocenters. The van der Waals surface area contributed by atoms with Crippen LogP contribution in [0, 0.1) is 11.3 Å². The lowest BCUT2D eigenvalue weighted by molar-refractivity contribution is 0.857. The smallest absolute Gasteiger partial charge is 0.154 e. The van der Waals surface area contributed by atoms with Crippen molar-refractivity contribution in [1.82, 2.24) is 14.6 Å². The van der Waals surface area contributed by atoms with Gasteiger partial charge in [-0.05, 0) is 6.42 Å². The molecule has 0 aromatic carbocycles. The third kappa shape index (κ3) is 1.14. The largest absolute Gasteiger partial charge is 0.235 e. The molecule has 2 aromatic rings. The summed E-state index contributed by atoms with van der Waals surface area (Å²) in [5.41, 5.74) is 2.14. The van der Waals surface area contributed by atoms with Crippen molar-refractivity contribution in [2.75, 3.05) is 0 Å². The molecule has 64 valence electrons. The molecule has 0 spiro atoms. The SMILES string of the molecule is CCc1nn2ccnc2cc1C#N. The van der Waals surface area contributed by atoms with E-state index in [1.165, 1.54) is 0 Å². The average molecular weight is 172 g/mol. The molecular formula is C9H8N4. The molecule has 2 rings (SSSR count). The molecular weight excluding hydrogens is 164 g/mol. The fraction of sp³-hybridized carbons (Fsp3) is 0.222. The van der Waals surface area contributed by atoms with E-state index in [2.05, 4.69) is 16.2 Å². The average Bonchev–Trinajstić information content (AvgIpc) is 2.62. The van der Waals surface area contributed by atoms with E-state index in [4.69, 9.17) is 5.26 Å². The lowest BCUT2D eigenvalue weighted by Gasteiger charge is -1.99. The van der Waals surface area contributed by atoms with Crippen molar-refractivity contribution in [2.45, 2.75) is 13.3 Å². The minimum absolute atomic E-state index is 0.612. The van der Waals surface area contributed by atoms with Crippen LogP contribution in [0.3, 0.4) is 0 Å². The lowest BCUT2D eigenvalue weighted by atomic mass is 10.2. The number of rotatable bonds is 1. The van der Waals surface area contributed by atoms with Crippen LogP contribution < -0.4 is 0 Å². The zero-order valence-corrected chi connectivity index (χ0v) is 7.23. The first-order valence-corrected chi connectivity index (χ1v) is 4.08. The van der Waals surface area contributed by atoms with Gasteiger partial charge < -0.3 is 0 Å². The molecule has 4 heteroatoms. The molecule has 0 aliphatic rings. The standard InChI is InChI=1S/C9H8N4/c1-2-8-7(6-10)5-9-11-3-4-13(9)12-8/h3-5H,2H2,1H3. The first-order chi connectivity index (χ1) is 6.35. The van der Waals surface area contributed by atoms with E-state index >= 15 is 0 Å². The summed E-state index contributed by atoms with van der Waals surface area (Å²) in [6, 6.07) is 3.87. The topological polar surface area (TPSA) is 54.0 Å². The third-order valence-electron chi connectivity index (χ3n) is 1.92. The summed E-state index contributed by atoms with van der Waals surface area (Å²) in [6.45, 7) is 1.98. The Labute approximate surface area is 75.4 Å². The van der Waals surface area contributed by atoms with Gasteiger partial charge in [-0.25, -0.2) is 9.50 Å². The van der Waals surface area contributed by atoms with Gasteiger partial charge in [0.15, 0.2) is 5.65 Å². The van der Waals surface area contributed by atoms with Crippen molar-refractivity contribution in [3.05, 3.63) is 29.7 Å². The van der Waals surface area contributed by atoms with E-state index in [0.717, 1.165) is 12.1 Å². The molecule has 0 saturated heterocycles. The second-order valence-corrected chi connectivity index (χ2v) is 2.70. The second kappa shape index (κ2) is 2.87. The number of fused-ring (bicyclic) bond motifs is 1. The molecule has 0 amide bonds. The molecule has 13 heavy (non-hydrogen) atoms. The highest BCUT2D eigenvalue weighted by Gasteiger charge is 2.04. The molecule has 0 fully saturated rings. The van der Waals surface area contributed by atoms with Gasteiger partial charge >= 0.3 is 0 Å². The summed E-state index contributed by atoms with van der Waals surface area (Å²) in [6.07, 6.45) is 4.20. The van der Waals surface area contributed by atoms with Crippen molar-refractivity contribution in [1.29, 1.82) is 5.26 Å². The van der Waals surface area contributed by atoms with Crippen LogP contribution in [0.1, 0.15) is 18.2 Å². The van der Waals surface area contributed by atoms with E-state index in [1.54, 1.807) is 23.0 Å². The Morgan fingerprint density at radius 3 is 3.15 bits per heavy atom. The molecule has 0 unspecified atom stereocenters. The third-order valence-corrected chi connectivity index (χ3v) is 1.92. The number of nitriles is 1. The minimum Gasteiger partial charge on any atom is -0.235 e. The van der Waals surface area contributed by atoms with Gasteiger partial charge in [-0.1, -0.05) is 6.92 Å².